The highest BCUT2D eigenvalue weighted by Gasteiger charge is 2.27. The Balaban J connectivity index is 1.72. The predicted molar refractivity (Wildman–Crippen MR) is 110 cm³/mol. The zero-order chi connectivity index (χ0) is 19.2. The first-order valence-corrected chi connectivity index (χ1v) is 11.2. The third-order valence-corrected chi connectivity index (χ3v) is 6.95. The number of amides is 1. The minimum absolute atomic E-state index is 0.0370. The highest BCUT2D eigenvalue weighted by molar-refractivity contribution is 7.17. The average Bonchev–Trinajstić information content (AvgIpc) is 2.83. The Bertz CT molecular complexity index is 665. The Morgan fingerprint density at radius 1 is 1.11 bits per heavy atom. The monoisotopic (exact) mass is 392 g/mol. The second kappa shape index (κ2) is 9.69. The fraction of sp³-hybridized carbons (Fsp3) is 0.714. The van der Waals surface area contributed by atoms with Gasteiger partial charge in [-0.05, 0) is 58.1 Å². The molecule has 0 bridgehead atoms. The molecule has 0 aromatic carbocycles. The Labute approximate surface area is 166 Å². The molecule has 2 aliphatic carbocycles. The van der Waals surface area contributed by atoms with Gasteiger partial charge >= 0.3 is 5.97 Å². The summed E-state index contributed by atoms with van der Waals surface area (Å²) < 4.78 is 5.30. The molecule has 1 aromatic rings. The molecule has 0 atom stereocenters. The summed E-state index contributed by atoms with van der Waals surface area (Å²) in [5.74, 6) is -0.335. The summed E-state index contributed by atoms with van der Waals surface area (Å²) in [7, 11) is 2.03. The normalized spacial score (nSPS) is 18.0. The van der Waals surface area contributed by atoms with Crippen LogP contribution in [-0.4, -0.2) is 43.0 Å². The summed E-state index contributed by atoms with van der Waals surface area (Å²) in [5.41, 5.74) is 1.71. The molecule has 5 nitrogen and oxygen atoms in total. The highest BCUT2D eigenvalue weighted by atomic mass is 32.1. The molecule has 150 valence electrons. The Kier molecular flexibility index (Phi) is 7.30. The van der Waals surface area contributed by atoms with Gasteiger partial charge in [0.2, 0.25) is 5.91 Å². The minimum atomic E-state index is -0.298. The zero-order valence-electron chi connectivity index (χ0n) is 16.6. The number of anilines is 1. The van der Waals surface area contributed by atoms with Gasteiger partial charge in [-0.15, -0.1) is 11.3 Å². The third-order valence-electron chi connectivity index (χ3n) is 5.74. The fourth-order valence-electron chi connectivity index (χ4n) is 4.29. The molecule has 1 amide bonds. The molecule has 0 unspecified atom stereocenters. The topological polar surface area (TPSA) is 58.6 Å². The number of nitrogens with zero attached hydrogens (tertiary/aromatic N) is 1. The Morgan fingerprint density at radius 3 is 2.56 bits per heavy atom. The number of ether oxygens (including phenoxy) is 1. The van der Waals surface area contributed by atoms with E-state index in [1.165, 1.54) is 43.4 Å². The maximum atomic E-state index is 12.7. The van der Waals surface area contributed by atoms with Gasteiger partial charge in [-0.3, -0.25) is 9.69 Å². The number of hydrogen-bond donors (Lipinski definition) is 1. The average molecular weight is 393 g/mol. The number of rotatable bonds is 6. The van der Waals surface area contributed by atoms with E-state index in [9.17, 15) is 9.59 Å². The van der Waals surface area contributed by atoms with Crippen LogP contribution in [-0.2, 0) is 22.4 Å². The van der Waals surface area contributed by atoms with E-state index in [1.54, 1.807) is 11.3 Å². The van der Waals surface area contributed by atoms with Crippen molar-refractivity contribution in [2.75, 3.05) is 25.5 Å². The van der Waals surface area contributed by atoms with Crippen LogP contribution in [0, 0.1) is 0 Å². The molecule has 27 heavy (non-hydrogen) atoms. The minimum Gasteiger partial charge on any atom is -0.462 e. The molecule has 1 aromatic heterocycles. The largest absolute Gasteiger partial charge is 0.462 e. The highest BCUT2D eigenvalue weighted by Crippen LogP contribution is 2.38. The van der Waals surface area contributed by atoms with E-state index < -0.39 is 0 Å². The number of carbonyl (C=O) groups is 2. The van der Waals surface area contributed by atoms with Crippen LogP contribution in [0.4, 0.5) is 5.00 Å². The van der Waals surface area contributed by atoms with Gasteiger partial charge in [-0.25, -0.2) is 4.79 Å². The van der Waals surface area contributed by atoms with Crippen LogP contribution < -0.4 is 5.32 Å². The zero-order valence-corrected chi connectivity index (χ0v) is 17.5. The SMILES string of the molecule is CCOC(=O)c1c(NC(=O)CN(C)C2CCCCC2)sc2c1CCCCC2. The van der Waals surface area contributed by atoms with Gasteiger partial charge < -0.3 is 10.1 Å². The molecular formula is C21H32N2O3S. The smallest absolute Gasteiger partial charge is 0.341 e. The standard InChI is InChI=1S/C21H32N2O3S/c1-3-26-21(25)19-16-12-8-5-9-13-17(16)27-20(19)22-18(24)14-23(2)15-10-6-4-7-11-15/h15H,3-14H2,1-2H3,(H,22,24). The number of nitrogens with one attached hydrogen (secondary N) is 1. The molecule has 1 heterocycles. The molecule has 0 spiro atoms. The van der Waals surface area contributed by atoms with Crippen LogP contribution in [0.5, 0.6) is 0 Å². The third kappa shape index (κ3) is 5.11. The van der Waals surface area contributed by atoms with Gasteiger partial charge in [0.05, 0.1) is 18.7 Å². The van der Waals surface area contributed by atoms with Crippen molar-refractivity contribution in [2.45, 2.75) is 77.2 Å². The lowest BCUT2D eigenvalue weighted by molar-refractivity contribution is -0.117. The van der Waals surface area contributed by atoms with Crippen LogP contribution in [0.2, 0.25) is 0 Å². The van der Waals surface area contributed by atoms with E-state index in [0.29, 0.717) is 29.8 Å². The number of aryl methyl sites for hydroxylation is 1. The van der Waals surface area contributed by atoms with Crippen molar-refractivity contribution < 1.29 is 14.3 Å². The molecule has 2 aliphatic rings. The first-order valence-electron chi connectivity index (χ1n) is 10.4. The Morgan fingerprint density at radius 2 is 1.81 bits per heavy atom. The van der Waals surface area contributed by atoms with Crippen molar-refractivity contribution in [3.8, 4) is 0 Å². The number of carbonyl (C=O) groups excluding carboxylic acids is 2. The van der Waals surface area contributed by atoms with E-state index in [-0.39, 0.29) is 11.9 Å². The van der Waals surface area contributed by atoms with Crippen molar-refractivity contribution >= 4 is 28.2 Å². The summed E-state index contributed by atoms with van der Waals surface area (Å²) in [5, 5.41) is 3.72. The van der Waals surface area contributed by atoms with Crippen molar-refractivity contribution in [3.05, 3.63) is 16.0 Å². The van der Waals surface area contributed by atoms with Crippen molar-refractivity contribution in [1.82, 2.24) is 4.90 Å². The summed E-state index contributed by atoms with van der Waals surface area (Å²) in [6, 6.07) is 0.495. The van der Waals surface area contributed by atoms with E-state index in [0.717, 1.165) is 31.2 Å². The molecular weight excluding hydrogens is 360 g/mol. The number of fused-ring (bicyclic) bond motifs is 1. The molecule has 0 aliphatic heterocycles. The second-order valence-electron chi connectivity index (χ2n) is 7.74. The van der Waals surface area contributed by atoms with E-state index in [2.05, 4.69) is 10.2 Å². The van der Waals surface area contributed by atoms with Gasteiger partial charge in [0.15, 0.2) is 0 Å². The number of hydrogen-bond acceptors (Lipinski definition) is 5. The summed E-state index contributed by atoms with van der Waals surface area (Å²) in [6.45, 7) is 2.54. The summed E-state index contributed by atoms with van der Waals surface area (Å²) >= 11 is 1.57. The van der Waals surface area contributed by atoms with Gasteiger partial charge in [-0.2, -0.15) is 0 Å². The maximum Gasteiger partial charge on any atom is 0.341 e. The molecule has 0 saturated heterocycles. The number of esters is 1. The second-order valence-corrected chi connectivity index (χ2v) is 8.85. The van der Waals surface area contributed by atoms with E-state index in [4.69, 9.17) is 4.74 Å². The lowest BCUT2D eigenvalue weighted by Crippen LogP contribution is -2.39. The van der Waals surface area contributed by atoms with Crippen LogP contribution in [0.25, 0.3) is 0 Å². The van der Waals surface area contributed by atoms with Crippen molar-refractivity contribution in [2.24, 2.45) is 0 Å². The molecule has 1 N–H and O–H groups in total. The fourth-order valence-corrected chi connectivity index (χ4v) is 5.59. The van der Waals surface area contributed by atoms with E-state index in [1.807, 2.05) is 14.0 Å². The molecule has 6 heteroatoms. The first kappa shape index (κ1) is 20.3. The van der Waals surface area contributed by atoms with Gasteiger partial charge in [0, 0.05) is 10.9 Å². The summed E-state index contributed by atoms with van der Waals surface area (Å²) in [6.07, 6.45) is 11.5. The molecule has 1 saturated carbocycles. The lowest BCUT2D eigenvalue weighted by Gasteiger charge is -2.30. The van der Waals surface area contributed by atoms with E-state index >= 15 is 0 Å². The van der Waals surface area contributed by atoms with Crippen LogP contribution in [0.3, 0.4) is 0 Å². The maximum absolute atomic E-state index is 12.7. The Hall–Kier alpha value is -1.40. The van der Waals surface area contributed by atoms with Crippen molar-refractivity contribution in [3.63, 3.8) is 0 Å². The number of thiophene rings is 1. The number of likely N-dealkylation sites (N-methyl/N-ethyl adjacent to an activating group) is 1. The van der Waals surface area contributed by atoms with Crippen LogP contribution >= 0.6 is 11.3 Å². The molecule has 0 radical (unpaired) electrons. The molecule has 1 fully saturated rings. The van der Waals surface area contributed by atoms with Gasteiger partial charge in [-0.1, -0.05) is 25.7 Å². The van der Waals surface area contributed by atoms with Crippen LogP contribution in [0.1, 0.15) is 79.1 Å². The van der Waals surface area contributed by atoms with Crippen molar-refractivity contribution in [1.29, 1.82) is 0 Å². The summed E-state index contributed by atoms with van der Waals surface area (Å²) in [4.78, 5) is 28.7. The van der Waals surface area contributed by atoms with Gasteiger partial charge in [0.25, 0.3) is 0 Å². The molecule has 3 rings (SSSR count). The predicted octanol–water partition coefficient (Wildman–Crippen LogP) is 4.40. The quantitative estimate of drug-likeness (QED) is 0.576. The van der Waals surface area contributed by atoms with Gasteiger partial charge in [0.1, 0.15) is 5.00 Å². The lowest BCUT2D eigenvalue weighted by atomic mass is 9.94. The first-order chi connectivity index (χ1) is 13.1. The van der Waals surface area contributed by atoms with Crippen LogP contribution in [0.15, 0.2) is 0 Å².